The molecule has 31 heavy (non-hydrogen) atoms. The van der Waals surface area contributed by atoms with Gasteiger partial charge in [-0.2, -0.15) is 10.2 Å². The number of carbonyl (C=O) groups excluding carboxylic acids is 2. The summed E-state index contributed by atoms with van der Waals surface area (Å²) in [5, 5.41) is 8.68. The predicted molar refractivity (Wildman–Crippen MR) is 120 cm³/mol. The zero-order chi connectivity index (χ0) is 21.5. The molecule has 1 fully saturated rings. The van der Waals surface area contributed by atoms with Crippen LogP contribution in [0.25, 0.3) is 0 Å². The first-order valence-corrected chi connectivity index (χ1v) is 10.5. The van der Waals surface area contributed by atoms with Crippen LogP contribution in [0.4, 0.5) is 17.1 Å². The number of aliphatic imine (C=N–C) groups is 1. The molecular formula is C23H18N4O3S. The lowest BCUT2D eigenvalue weighted by Crippen LogP contribution is -2.39. The number of para-hydroxylation sites is 1. The summed E-state index contributed by atoms with van der Waals surface area (Å²) in [5.41, 5.74) is 2.10. The van der Waals surface area contributed by atoms with Crippen LogP contribution in [-0.4, -0.2) is 34.2 Å². The van der Waals surface area contributed by atoms with Gasteiger partial charge in [-0.3, -0.25) is 9.59 Å². The predicted octanol–water partition coefficient (Wildman–Crippen LogP) is 5.27. The van der Waals surface area contributed by atoms with Crippen molar-refractivity contribution in [3.63, 3.8) is 0 Å². The third-order valence-electron chi connectivity index (χ3n) is 4.23. The molecule has 1 aliphatic heterocycles. The zero-order valence-corrected chi connectivity index (χ0v) is 17.2. The van der Waals surface area contributed by atoms with E-state index in [1.807, 2.05) is 60.7 Å². The maximum Gasteiger partial charge on any atom is 0.273 e. The van der Waals surface area contributed by atoms with E-state index in [2.05, 4.69) is 15.2 Å². The summed E-state index contributed by atoms with van der Waals surface area (Å²) in [7, 11) is 0. The van der Waals surface area contributed by atoms with Crippen LogP contribution in [0.5, 0.6) is 5.75 Å². The Morgan fingerprint density at radius 3 is 2.06 bits per heavy atom. The lowest BCUT2D eigenvalue weighted by molar-refractivity contribution is -0.138. The molecule has 0 unspecified atom stereocenters. The van der Waals surface area contributed by atoms with Crippen LogP contribution in [0.1, 0.15) is 0 Å². The molecule has 1 heterocycles. The average Bonchev–Trinajstić information content (AvgIpc) is 3.18. The largest absolute Gasteiger partial charge is 0.484 e. The molecule has 3 aromatic rings. The number of amidine groups is 1. The quantitative estimate of drug-likeness (QED) is 0.499. The molecule has 4 rings (SSSR count). The number of hydrogen-bond acceptors (Lipinski definition) is 7. The lowest BCUT2D eigenvalue weighted by Gasteiger charge is -2.14. The van der Waals surface area contributed by atoms with Crippen LogP contribution in [0, 0.1) is 0 Å². The monoisotopic (exact) mass is 430 g/mol. The van der Waals surface area contributed by atoms with Crippen LogP contribution < -0.4 is 4.74 Å². The average molecular weight is 430 g/mol. The number of benzene rings is 3. The minimum atomic E-state index is -0.461. The fraction of sp³-hybridized carbons (Fsp3) is 0.0870. The van der Waals surface area contributed by atoms with E-state index in [0.717, 1.165) is 10.6 Å². The van der Waals surface area contributed by atoms with Gasteiger partial charge in [0.1, 0.15) is 5.75 Å². The van der Waals surface area contributed by atoms with Crippen molar-refractivity contribution < 1.29 is 14.3 Å². The van der Waals surface area contributed by atoms with Crippen LogP contribution in [0.2, 0.25) is 0 Å². The molecule has 0 aliphatic carbocycles. The smallest absolute Gasteiger partial charge is 0.273 e. The van der Waals surface area contributed by atoms with Crippen LogP contribution >= 0.6 is 11.8 Å². The van der Waals surface area contributed by atoms with Gasteiger partial charge in [0.2, 0.25) is 5.91 Å². The minimum absolute atomic E-state index is 0.179. The second-order valence-electron chi connectivity index (χ2n) is 6.46. The minimum Gasteiger partial charge on any atom is -0.484 e. The third kappa shape index (κ3) is 5.43. The highest BCUT2D eigenvalue weighted by molar-refractivity contribution is 8.15. The zero-order valence-electron chi connectivity index (χ0n) is 16.4. The highest BCUT2D eigenvalue weighted by atomic mass is 32.2. The van der Waals surface area contributed by atoms with Crippen molar-refractivity contribution in [3.05, 3.63) is 84.9 Å². The highest BCUT2D eigenvalue weighted by Gasteiger charge is 2.34. The Bertz CT molecular complexity index is 1120. The summed E-state index contributed by atoms with van der Waals surface area (Å²) in [6, 6.07) is 25.5. The summed E-state index contributed by atoms with van der Waals surface area (Å²) in [4.78, 5) is 30.3. The summed E-state index contributed by atoms with van der Waals surface area (Å²) < 4.78 is 5.56. The van der Waals surface area contributed by atoms with E-state index in [4.69, 9.17) is 4.74 Å². The van der Waals surface area contributed by atoms with Crippen molar-refractivity contribution in [2.45, 2.75) is 0 Å². The van der Waals surface area contributed by atoms with Gasteiger partial charge in [0, 0.05) is 0 Å². The molecule has 0 atom stereocenters. The summed E-state index contributed by atoms with van der Waals surface area (Å²) in [6.45, 7) is -0.273. The molecule has 0 aromatic heterocycles. The molecule has 0 spiro atoms. The first-order valence-electron chi connectivity index (χ1n) is 9.51. The second kappa shape index (κ2) is 9.82. The van der Waals surface area contributed by atoms with Gasteiger partial charge in [-0.1, -0.05) is 48.2 Å². The van der Waals surface area contributed by atoms with Crippen molar-refractivity contribution in [2.24, 2.45) is 15.2 Å². The molecule has 0 bridgehead atoms. The molecule has 0 saturated carbocycles. The Hall–Kier alpha value is -3.78. The maximum atomic E-state index is 12.6. The van der Waals surface area contributed by atoms with Crippen molar-refractivity contribution in [1.29, 1.82) is 0 Å². The maximum absolute atomic E-state index is 12.6. The summed E-state index contributed by atoms with van der Waals surface area (Å²) in [6.07, 6.45) is 0. The van der Waals surface area contributed by atoms with Crippen molar-refractivity contribution in [3.8, 4) is 5.75 Å². The highest BCUT2D eigenvalue weighted by Crippen LogP contribution is 2.25. The van der Waals surface area contributed by atoms with Gasteiger partial charge < -0.3 is 4.74 Å². The fourth-order valence-electron chi connectivity index (χ4n) is 2.73. The Balaban J connectivity index is 1.37. The van der Waals surface area contributed by atoms with Gasteiger partial charge in [0.15, 0.2) is 11.8 Å². The molecule has 3 aromatic carbocycles. The Kier molecular flexibility index (Phi) is 6.49. The Morgan fingerprint density at radius 2 is 1.42 bits per heavy atom. The van der Waals surface area contributed by atoms with Gasteiger partial charge >= 0.3 is 0 Å². The number of imide groups is 1. The molecule has 8 heteroatoms. The van der Waals surface area contributed by atoms with Gasteiger partial charge in [-0.15, -0.1) is 0 Å². The van der Waals surface area contributed by atoms with E-state index in [1.54, 1.807) is 24.3 Å². The number of hydrogen-bond donors (Lipinski definition) is 0. The number of amides is 2. The molecule has 2 amide bonds. The van der Waals surface area contributed by atoms with E-state index in [0.29, 0.717) is 22.3 Å². The van der Waals surface area contributed by atoms with Gasteiger partial charge in [-0.05, 0) is 48.5 Å². The van der Waals surface area contributed by atoms with Crippen molar-refractivity contribution >= 4 is 45.8 Å². The van der Waals surface area contributed by atoms with E-state index in [1.165, 1.54) is 11.8 Å². The van der Waals surface area contributed by atoms with E-state index in [9.17, 15) is 9.59 Å². The van der Waals surface area contributed by atoms with E-state index < -0.39 is 5.91 Å². The Labute approximate surface area is 183 Å². The lowest BCUT2D eigenvalue weighted by atomic mass is 10.3. The second-order valence-corrected chi connectivity index (χ2v) is 7.40. The standard InChI is InChI=1S/C23H18N4O3S/c28-21(27-22(29)16-31-23(27)24-17-7-3-1-4-8-17)15-30-20-13-11-19(12-14-20)26-25-18-9-5-2-6-10-18/h1-14H,15-16H2. The molecule has 0 radical (unpaired) electrons. The SMILES string of the molecule is O=C(COc1ccc(N=Nc2ccccc2)cc1)N1C(=O)CSC1=Nc1ccccc1. The van der Waals surface area contributed by atoms with Gasteiger partial charge in [0.05, 0.1) is 22.8 Å². The molecule has 7 nitrogen and oxygen atoms in total. The van der Waals surface area contributed by atoms with E-state index >= 15 is 0 Å². The van der Waals surface area contributed by atoms with Crippen LogP contribution in [-0.2, 0) is 9.59 Å². The van der Waals surface area contributed by atoms with Gasteiger partial charge in [0.25, 0.3) is 5.91 Å². The number of ether oxygens (including phenoxy) is 1. The number of carbonyl (C=O) groups is 2. The third-order valence-corrected chi connectivity index (χ3v) is 5.16. The molecular weight excluding hydrogens is 412 g/mol. The number of azo groups is 1. The Morgan fingerprint density at radius 1 is 0.839 bits per heavy atom. The summed E-state index contributed by atoms with van der Waals surface area (Å²) >= 11 is 1.24. The normalized spacial score (nSPS) is 15.0. The molecule has 0 N–H and O–H groups in total. The molecule has 1 saturated heterocycles. The van der Waals surface area contributed by atoms with Crippen molar-refractivity contribution in [2.75, 3.05) is 12.4 Å². The van der Waals surface area contributed by atoms with Crippen LogP contribution in [0.15, 0.2) is 100 Å². The van der Waals surface area contributed by atoms with E-state index in [-0.39, 0.29) is 18.3 Å². The van der Waals surface area contributed by atoms with Crippen LogP contribution in [0.3, 0.4) is 0 Å². The number of thioether (sulfide) groups is 1. The summed E-state index contributed by atoms with van der Waals surface area (Å²) in [5.74, 6) is -0.0891. The first kappa shape index (κ1) is 20.5. The van der Waals surface area contributed by atoms with Crippen molar-refractivity contribution in [1.82, 2.24) is 4.90 Å². The molecule has 154 valence electrons. The van der Waals surface area contributed by atoms with Gasteiger partial charge in [-0.25, -0.2) is 9.89 Å². The fourth-order valence-corrected chi connectivity index (χ4v) is 3.62. The topological polar surface area (TPSA) is 83.7 Å². The molecule has 1 aliphatic rings. The first-order chi connectivity index (χ1) is 15.2. The number of nitrogens with zero attached hydrogens (tertiary/aromatic N) is 4. The number of rotatable bonds is 6.